The highest BCUT2D eigenvalue weighted by atomic mass is 15.1. The fourth-order valence-corrected chi connectivity index (χ4v) is 2.60. The summed E-state index contributed by atoms with van der Waals surface area (Å²) in [6.45, 7) is 13.1. The minimum atomic E-state index is 0.855. The van der Waals surface area contributed by atoms with Crippen molar-refractivity contribution in [3.05, 3.63) is 0 Å². The molecule has 0 unspecified atom stereocenters. The van der Waals surface area contributed by atoms with Crippen molar-refractivity contribution in [3.63, 3.8) is 0 Å². The van der Waals surface area contributed by atoms with Gasteiger partial charge in [-0.1, -0.05) is 20.8 Å². The second kappa shape index (κ2) is 7.24. The van der Waals surface area contributed by atoms with E-state index in [-0.39, 0.29) is 0 Å². The number of likely N-dealkylation sites (tertiary alicyclic amines) is 1. The maximum Gasteiger partial charge on any atom is -0.00160 e. The Balaban J connectivity index is 2.18. The first-order valence-electron chi connectivity index (χ1n) is 6.71. The molecule has 0 aromatic heterocycles. The third kappa shape index (κ3) is 4.52. The molecule has 1 N–H and O–H groups in total. The second-order valence-corrected chi connectivity index (χ2v) is 4.96. The lowest BCUT2D eigenvalue weighted by atomic mass is 9.85. The van der Waals surface area contributed by atoms with Crippen molar-refractivity contribution in [2.75, 3.05) is 32.7 Å². The molecule has 1 fully saturated rings. The van der Waals surface area contributed by atoms with E-state index in [2.05, 4.69) is 31.0 Å². The molecule has 0 aromatic carbocycles. The normalized spacial score (nSPS) is 21.8. The van der Waals surface area contributed by atoms with Crippen LogP contribution in [0, 0.1) is 11.8 Å². The first-order valence-corrected chi connectivity index (χ1v) is 6.71. The number of hydrogen-bond donors (Lipinski definition) is 1. The van der Waals surface area contributed by atoms with Crippen molar-refractivity contribution in [3.8, 4) is 0 Å². The monoisotopic (exact) mass is 212 g/mol. The van der Waals surface area contributed by atoms with Crippen LogP contribution in [0.5, 0.6) is 0 Å². The van der Waals surface area contributed by atoms with E-state index in [0.29, 0.717) is 0 Å². The predicted molar refractivity (Wildman–Crippen MR) is 67.2 cm³/mol. The Morgan fingerprint density at radius 3 is 2.47 bits per heavy atom. The standard InChI is InChI=1S/C13H28N2/c1-4-8-15-9-6-13(7-10-15)12(3)11-14-5-2/h12-14H,4-11H2,1-3H3/t12-/m1/s1. The third-order valence-electron chi connectivity index (χ3n) is 3.69. The first kappa shape index (κ1) is 13.0. The van der Waals surface area contributed by atoms with Crippen molar-refractivity contribution in [1.29, 1.82) is 0 Å². The Morgan fingerprint density at radius 1 is 1.27 bits per heavy atom. The highest BCUT2D eigenvalue weighted by Crippen LogP contribution is 2.24. The van der Waals surface area contributed by atoms with Crippen LogP contribution in [0.2, 0.25) is 0 Å². The number of piperidine rings is 1. The lowest BCUT2D eigenvalue weighted by Crippen LogP contribution is -2.38. The van der Waals surface area contributed by atoms with Gasteiger partial charge >= 0.3 is 0 Å². The van der Waals surface area contributed by atoms with Gasteiger partial charge in [0.05, 0.1) is 0 Å². The van der Waals surface area contributed by atoms with Crippen molar-refractivity contribution in [2.45, 2.75) is 40.0 Å². The summed E-state index contributed by atoms with van der Waals surface area (Å²) in [5, 5.41) is 3.47. The molecule has 0 bridgehead atoms. The largest absolute Gasteiger partial charge is 0.317 e. The molecule has 2 nitrogen and oxygen atoms in total. The number of nitrogens with zero attached hydrogens (tertiary/aromatic N) is 1. The van der Waals surface area contributed by atoms with Gasteiger partial charge in [0.2, 0.25) is 0 Å². The lowest BCUT2D eigenvalue weighted by molar-refractivity contribution is 0.152. The van der Waals surface area contributed by atoms with E-state index in [1.54, 1.807) is 0 Å². The molecule has 1 heterocycles. The Morgan fingerprint density at radius 2 is 1.93 bits per heavy atom. The van der Waals surface area contributed by atoms with E-state index in [1.807, 2.05) is 0 Å². The molecular weight excluding hydrogens is 184 g/mol. The van der Waals surface area contributed by atoms with Crippen molar-refractivity contribution in [1.82, 2.24) is 10.2 Å². The Kier molecular flexibility index (Phi) is 6.26. The molecule has 90 valence electrons. The first-order chi connectivity index (χ1) is 7.27. The van der Waals surface area contributed by atoms with Crippen molar-refractivity contribution < 1.29 is 0 Å². The Hall–Kier alpha value is -0.0800. The van der Waals surface area contributed by atoms with E-state index in [1.165, 1.54) is 45.4 Å². The zero-order valence-electron chi connectivity index (χ0n) is 10.8. The van der Waals surface area contributed by atoms with Gasteiger partial charge in [0.15, 0.2) is 0 Å². The van der Waals surface area contributed by atoms with Gasteiger partial charge in [0.25, 0.3) is 0 Å². The van der Waals surface area contributed by atoms with Gasteiger partial charge in [0, 0.05) is 0 Å². The summed E-state index contributed by atoms with van der Waals surface area (Å²) in [4.78, 5) is 2.62. The Bertz CT molecular complexity index is 151. The summed E-state index contributed by atoms with van der Waals surface area (Å²) in [5.74, 6) is 1.81. The van der Waals surface area contributed by atoms with Crippen LogP contribution in [0.15, 0.2) is 0 Å². The smallest absolute Gasteiger partial charge is 0.00160 e. The molecule has 1 aliphatic rings. The molecule has 0 amide bonds. The number of hydrogen-bond acceptors (Lipinski definition) is 2. The zero-order valence-corrected chi connectivity index (χ0v) is 10.8. The van der Waals surface area contributed by atoms with E-state index < -0.39 is 0 Å². The lowest BCUT2D eigenvalue weighted by Gasteiger charge is -2.34. The molecule has 1 atom stereocenters. The van der Waals surface area contributed by atoms with E-state index in [0.717, 1.165) is 18.4 Å². The van der Waals surface area contributed by atoms with Gasteiger partial charge in [-0.2, -0.15) is 0 Å². The maximum absolute atomic E-state index is 3.47. The van der Waals surface area contributed by atoms with Crippen LogP contribution >= 0.6 is 0 Å². The van der Waals surface area contributed by atoms with Crippen LogP contribution in [0.25, 0.3) is 0 Å². The average Bonchev–Trinajstić information content (AvgIpc) is 2.27. The van der Waals surface area contributed by atoms with E-state index in [4.69, 9.17) is 0 Å². The second-order valence-electron chi connectivity index (χ2n) is 4.96. The van der Waals surface area contributed by atoms with Gasteiger partial charge in [0.1, 0.15) is 0 Å². The molecule has 1 rings (SSSR count). The summed E-state index contributed by atoms with van der Waals surface area (Å²) < 4.78 is 0. The Labute approximate surface area is 95.4 Å². The topological polar surface area (TPSA) is 15.3 Å². The SMILES string of the molecule is CCCN1CCC([C@H](C)CNCC)CC1. The number of nitrogens with one attached hydrogen (secondary N) is 1. The molecule has 0 spiro atoms. The molecule has 0 aromatic rings. The third-order valence-corrected chi connectivity index (χ3v) is 3.69. The van der Waals surface area contributed by atoms with Gasteiger partial charge in [-0.3, -0.25) is 0 Å². The molecule has 1 aliphatic heterocycles. The van der Waals surface area contributed by atoms with Gasteiger partial charge < -0.3 is 10.2 Å². The summed E-state index contributed by atoms with van der Waals surface area (Å²) in [5.41, 5.74) is 0. The number of rotatable bonds is 6. The zero-order chi connectivity index (χ0) is 11.1. The molecule has 0 aliphatic carbocycles. The van der Waals surface area contributed by atoms with E-state index in [9.17, 15) is 0 Å². The van der Waals surface area contributed by atoms with Crippen LogP contribution in [-0.2, 0) is 0 Å². The van der Waals surface area contributed by atoms with Crippen LogP contribution in [0.3, 0.4) is 0 Å². The fraction of sp³-hybridized carbons (Fsp3) is 1.00. The fourth-order valence-electron chi connectivity index (χ4n) is 2.60. The molecule has 0 saturated carbocycles. The van der Waals surface area contributed by atoms with Crippen LogP contribution in [0.1, 0.15) is 40.0 Å². The van der Waals surface area contributed by atoms with Gasteiger partial charge in [-0.25, -0.2) is 0 Å². The summed E-state index contributed by atoms with van der Waals surface area (Å²) in [7, 11) is 0. The van der Waals surface area contributed by atoms with Crippen LogP contribution in [0.4, 0.5) is 0 Å². The van der Waals surface area contributed by atoms with Crippen LogP contribution < -0.4 is 5.32 Å². The van der Waals surface area contributed by atoms with Crippen molar-refractivity contribution >= 4 is 0 Å². The van der Waals surface area contributed by atoms with E-state index >= 15 is 0 Å². The maximum atomic E-state index is 3.47. The quantitative estimate of drug-likeness (QED) is 0.727. The average molecular weight is 212 g/mol. The minimum absolute atomic E-state index is 0.855. The molecule has 1 saturated heterocycles. The van der Waals surface area contributed by atoms with Gasteiger partial charge in [-0.15, -0.1) is 0 Å². The summed E-state index contributed by atoms with van der Waals surface area (Å²) in [6, 6.07) is 0. The van der Waals surface area contributed by atoms with Crippen LogP contribution in [-0.4, -0.2) is 37.6 Å². The minimum Gasteiger partial charge on any atom is -0.317 e. The molecule has 2 heteroatoms. The summed E-state index contributed by atoms with van der Waals surface area (Å²) in [6.07, 6.45) is 4.12. The summed E-state index contributed by atoms with van der Waals surface area (Å²) >= 11 is 0. The molecule has 0 radical (unpaired) electrons. The van der Waals surface area contributed by atoms with Gasteiger partial charge in [-0.05, 0) is 63.8 Å². The highest BCUT2D eigenvalue weighted by Gasteiger charge is 2.22. The molecule has 15 heavy (non-hydrogen) atoms. The highest BCUT2D eigenvalue weighted by molar-refractivity contribution is 4.76. The predicted octanol–water partition coefficient (Wildman–Crippen LogP) is 2.35. The van der Waals surface area contributed by atoms with Crippen molar-refractivity contribution in [2.24, 2.45) is 11.8 Å². The molecular formula is C13H28N2.